The van der Waals surface area contributed by atoms with Crippen molar-refractivity contribution in [1.82, 2.24) is 14.4 Å². The van der Waals surface area contributed by atoms with Crippen LogP contribution in [-0.4, -0.2) is 54.7 Å². The number of hydrogen-bond donors (Lipinski definition) is 0. The lowest BCUT2D eigenvalue weighted by Gasteiger charge is -2.24. The summed E-state index contributed by atoms with van der Waals surface area (Å²) in [5.74, 6) is 0.934. The highest BCUT2D eigenvalue weighted by Gasteiger charge is 2.36. The molecular weight excluding hydrogens is 516 g/mol. The molecule has 9 nitrogen and oxygen atoms in total. The largest absolute Gasteiger partial charge is 0.443 e. The highest BCUT2D eigenvalue weighted by atomic mass is 32.2. The molecule has 1 saturated heterocycles. The molecule has 0 spiro atoms. The van der Waals surface area contributed by atoms with Crippen molar-refractivity contribution < 1.29 is 22.5 Å². The molecule has 0 saturated carbocycles. The fourth-order valence-electron chi connectivity index (χ4n) is 4.50. The molecule has 1 fully saturated rings. The fourth-order valence-corrected chi connectivity index (χ4v) is 6.01. The minimum atomic E-state index is -3.79. The Bertz CT molecular complexity index is 1520. The standard InChI is InChI=1S/C29H30N4O5S/c1-3-4-18-32(39(35,36)27-16-12-23(13-17-27)22-8-6-5-7-9-22)19-26-20-33(29(34)37-26)25-14-10-24(11-15-25)28-30-21(2)38-31-28/h5-17,26H,3-4,18-20H2,1-2H3. The Morgan fingerprint density at radius 2 is 1.62 bits per heavy atom. The van der Waals surface area contributed by atoms with Gasteiger partial charge in [0.2, 0.25) is 21.7 Å². The van der Waals surface area contributed by atoms with Crippen LogP contribution in [0.1, 0.15) is 25.7 Å². The molecule has 0 aliphatic carbocycles. The van der Waals surface area contributed by atoms with Crippen LogP contribution in [-0.2, 0) is 14.8 Å². The molecule has 5 rings (SSSR count). The van der Waals surface area contributed by atoms with Gasteiger partial charge in [-0.15, -0.1) is 0 Å². The van der Waals surface area contributed by atoms with Gasteiger partial charge in [-0.1, -0.05) is 61.0 Å². The summed E-state index contributed by atoms with van der Waals surface area (Å²) in [6.07, 6.45) is 0.417. The number of cyclic esters (lactones) is 1. The van der Waals surface area contributed by atoms with Crippen molar-refractivity contribution in [3.8, 4) is 22.5 Å². The SMILES string of the molecule is CCCCN(CC1CN(c2ccc(-c3noc(C)n3)cc2)C(=O)O1)S(=O)(=O)c1ccc(-c2ccccc2)cc1. The minimum absolute atomic E-state index is 0.0746. The molecule has 1 aromatic heterocycles. The van der Waals surface area contributed by atoms with E-state index in [1.165, 1.54) is 9.21 Å². The number of nitrogens with zero attached hydrogens (tertiary/aromatic N) is 4. The monoisotopic (exact) mass is 546 g/mol. The van der Waals surface area contributed by atoms with Crippen molar-refractivity contribution in [2.45, 2.75) is 37.7 Å². The average Bonchev–Trinajstić information content (AvgIpc) is 3.56. The summed E-state index contributed by atoms with van der Waals surface area (Å²) in [5, 5.41) is 3.91. The van der Waals surface area contributed by atoms with Crippen molar-refractivity contribution in [3.63, 3.8) is 0 Å². The van der Waals surface area contributed by atoms with E-state index in [1.54, 1.807) is 43.3 Å². The minimum Gasteiger partial charge on any atom is -0.443 e. The maximum Gasteiger partial charge on any atom is 0.414 e. The normalized spacial score (nSPS) is 15.6. The van der Waals surface area contributed by atoms with Gasteiger partial charge in [-0.05, 0) is 53.9 Å². The van der Waals surface area contributed by atoms with E-state index in [2.05, 4.69) is 10.1 Å². The highest BCUT2D eigenvalue weighted by molar-refractivity contribution is 7.89. The van der Waals surface area contributed by atoms with E-state index in [0.717, 1.165) is 23.1 Å². The van der Waals surface area contributed by atoms with E-state index >= 15 is 0 Å². The van der Waals surface area contributed by atoms with Crippen LogP contribution in [0.25, 0.3) is 22.5 Å². The van der Waals surface area contributed by atoms with E-state index in [9.17, 15) is 13.2 Å². The zero-order chi connectivity index (χ0) is 27.4. The molecule has 0 N–H and O–H groups in total. The average molecular weight is 547 g/mol. The van der Waals surface area contributed by atoms with Crippen LogP contribution in [0.5, 0.6) is 0 Å². The van der Waals surface area contributed by atoms with Gasteiger partial charge in [0.05, 0.1) is 18.0 Å². The summed E-state index contributed by atoms with van der Waals surface area (Å²) in [6, 6.07) is 23.9. The molecule has 10 heteroatoms. The zero-order valence-corrected chi connectivity index (χ0v) is 22.7. The number of hydrogen-bond acceptors (Lipinski definition) is 7. The Hall–Kier alpha value is -4.02. The van der Waals surface area contributed by atoms with Crippen LogP contribution in [0.2, 0.25) is 0 Å². The first-order valence-electron chi connectivity index (χ1n) is 12.9. The molecule has 2 heterocycles. The van der Waals surface area contributed by atoms with Gasteiger partial charge in [0.1, 0.15) is 6.10 Å². The number of aryl methyl sites for hydroxylation is 1. The van der Waals surface area contributed by atoms with Crippen LogP contribution in [0.4, 0.5) is 10.5 Å². The van der Waals surface area contributed by atoms with E-state index in [-0.39, 0.29) is 18.0 Å². The van der Waals surface area contributed by atoms with Gasteiger partial charge < -0.3 is 9.26 Å². The highest BCUT2D eigenvalue weighted by Crippen LogP contribution is 2.27. The molecule has 1 unspecified atom stereocenters. The van der Waals surface area contributed by atoms with Crippen molar-refractivity contribution >= 4 is 21.8 Å². The number of aromatic nitrogens is 2. The van der Waals surface area contributed by atoms with Gasteiger partial charge in [-0.3, -0.25) is 4.90 Å². The summed E-state index contributed by atoms with van der Waals surface area (Å²) >= 11 is 0. The summed E-state index contributed by atoms with van der Waals surface area (Å²) in [4.78, 5) is 18.7. The lowest BCUT2D eigenvalue weighted by molar-refractivity contribution is 0.128. The van der Waals surface area contributed by atoms with Crippen molar-refractivity contribution in [1.29, 1.82) is 0 Å². The van der Waals surface area contributed by atoms with Crippen molar-refractivity contribution in [2.24, 2.45) is 0 Å². The van der Waals surface area contributed by atoms with Gasteiger partial charge in [0.25, 0.3) is 0 Å². The molecule has 1 aliphatic heterocycles. The van der Waals surface area contributed by atoms with Crippen LogP contribution in [0, 0.1) is 6.92 Å². The summed E-state index contributed by atoms with van der Waals surface area (Å²) < 4.78 is 39.3. The number of unbranched alkanes of at least 4 members (excludes halogenated alkanes) is 1. The Balaban J connectivity index is 1.30. The second kappa shape index (κ2) is 11.4. The quantitative estimate of drug-likeness (QED) is 0.258. The first-order valence-corrected chi connectivity index (χ1v) is 14.3. The molecule has 4 aromatic rings. The van der Waals surface area contributed by atoms with Crippen LogP contribution in [0.15, 0.2) is 88.3 Å². The summed E-state index contributed by atoms with van der Waals surface area (Å²) in [5.41, 5.74) is 3.36. The van der Waals surface area contributed by atoms with Crippen molar-refractivity contribution in [3.05, 3.63) is 84.8 Å². The Labute approximate surface area is 228 Å². The van der Waals surface area contributed by atoms with E-state index < -0.39 is 22.2 Å². The third-order valence-electron chi connectivity index (χ3n) is 6.61. The molecule has 39 heavy (non-hydrogen) atoms. The molecule has 3 aromatic carbocycles. The maximum atomic E-state index is 13.6. The third-order valence-corrected chi connectivity index (χ3v) is 8.49. The lowest BCUT2D eigenvalue weighted by atomic mass is 10.1. The van der Waals surface area contributed by atoms with Crippen LogP contribution in [0.3, 0.4) is 0 Å². The topological polar surface area (TPSA) is 106 Å². The molecule has 1 aliphatic rings. The fraction of sp³-hybridized carbons (Fsp3) is 0.276. The maximum absolute atomic E-state index is 13.6. The molecular formula is C29H30N4O5S. The molecule has 1 atom stereocenters. The molecule has 0 bridgehead atoms. The molecule has 1 amide bonds. The smallest absolute Gasteiger partial charge is 0.414 e. The third kappa shape index (κ3) is 5.86. The van der Waals surface area contributed by atoms with Crippen LogP contribution < -0.4 is 4.90 Å². The first-order chi connectivity index (χ1) is 18.8. The Kier molecular flexibility index (Phi) is 7.76. The summed E-state index contributed by atoms with van der Waals surface area (Å²) in [7, 11) is -3.79. The van der Waals surface area contributed by atoms with Gasteiger partial charge in [0.15, 0.2) is 0 Å². The van der Waals surface area contributed by atoms with Gasteiger partial charge >= 0.3 is 6.09 Å². The zero-order valence-electron chi connectivity index (χ0n) is 21.9. The predicted octanol–water partition coefficient (Wildman–Crippen LogP) is 5.53. The van der Waals surface area contributed by atoms with Crippen molar-refractivity contribution in [2.75, 3.05) is 24.5 Å². The van der Waals surface area contributed by atoms with E-state index in [0.29, 0.717) is 30.4 Å². The summed E-state index contributed by atoms with van der Waals surface area (Å²) in [6.45, 7) is 4.38. The Morgan fingerprint density at radius 1 is 0.949 bits per heavy atom. The number of amides is 1. The van der Waals surface area contributed by atoms with Gasteiger partial charge in [-0.2, -0.15) is 9.29 Å². The number of ether oxygens (including phenoxy) is 1. The lowest BCUT2D eigenvalue weighted by Crippen LogP contribution is -2.39. The van der Waals surface area contributed by atoms with E-state index in [4.69, 9.17) is 9.26 Å². The van der Waals surface area contributed by atoms with Crippen LogP contribution >= 0.6 is 0 Å². The molecule has 0 radical (unpaired) electrons. The number of carbonyl (C=O) groups excluding carboxylic acids is 1. The molecule has 202 valence electrons. The first kappa shape index (κ1) is 26.6. The number of carbonyl (C=O) groups is 1. The number of rotatable bonds is 10. The van der Waals surface area contributed by atoms with Gasteiger partial charge in [0, 0.05) is 24.7 Å². The predicted molar refractivity (Wildman–Crippen MR) is 148 cm³/mol. The Morgan fingerprint density at radius 3 is 2.26 bits per heavy atom. The number of anilines is 1. The second-order valence-electron chi connectivity index (χ2n) is 9.41. The second-order valence-corrected chi connectivity index (χ2v) is 11.3. The number of benzene rings is 3. The number of sulfonamides is 1. The van der Waals surface area contributed by atoms with E-state index in [1.807, 2.05) is 49.4 Å². The van der Waals surface area contributed by atoms with Gasteiger partial charge in [-0.25, -0.2) is 13.2 Å².